The number of aliphatic imine (C=N–C) groups is 1. The van der Waals surface area contributed by atoms with E-state index in [1.807, 2.05) is 43.0 Å². The third-order valence-electron chi connectivity index (χ3n) is 4.65. The van der Waals surface area contributed by atoms with Crippen LogP contribution in [-0.4, -0.2) is 79.8 Å². The summed E-state index contributed by atoms with van der Waals surface area (Å²) in [7, 11) is 3.86. The van der Waals surface area contributed by atoms with E-state index in [4.69, 9.17) is 0 Å². The summed E-state index contributed by atoms with van der Waals surface area (Å²) in [5.41, 5.74) is 1.04. The van der Waals surface area contributed by atoms with Crippen LogP contribution in [0.1, 0.15) is 19.4 Å². The molecule has 0 aromatic carbocycles. The summed E-state index contributed by atoms with van der Waals surface area (Å²) in [5.74, 6) is 1.60. The van der Waals surface area contributed by atoms with Crippen molar-refractivity contribution in [2.24, 2.45) is 4.99 Å². The standard InChI is InChI=1S/C18H29F3N6/c1-5-22-17(24-13-15-6-7-23-16(12-15)25(3)4)27-10-8-26(9-11-27)14(2)18(19,20)21/h6-7,12,14H,5,8-11,13H2,1-4H3,(H,22,24). The molecule has 1 saturated heterocycles. The van der Waals surface area contributed by atoms with Crippen molar-refractivity contribution < 1.29 is 13.2 Å². The lowest BCUT2D eigenvalue weighted by molar-refractivity contribution is -0.181. The molecule has 1 unspecified atom stereocenters. The van der Waals surface area contributed by atoms with Crippen LogP contribution in [0.25, 0.3) is 0 Å². The van der Waals surface area contributed by atoms with Crippen LogP contribution in [0.5, 0.6) is 0 Å². The molecule has 1 aliphatic heterocycles. The molecule has 9 heteroatoms. The van der Waals surface area contributed by atoms with Gasteiger partial charge in [0.15, 0.2) is 5.96 Å². The van der Waals surface area contributed by atoms with Crippen LogP contribution in [0.2, 0.25) is 0 Å². The number of pyridine rings is 1. The fraction of sp³-hybridized carbons (Fsp3) is 0.667. The number of hydrogen-bond acceptors (Lipinski definition) is 4. The lowest BCUT2D eigenvalue weighted by atomic mass is 10.2. The summed E-state index contributed by atoms with van der Waals surface area (Å²) < 4.78 is 38.7. The van der Waals surface area contributed by atoms with Gasteiger partial charge in [-0.05, 0) is 31.5 Å². The van der Waals surface area contributed by atoms with Crippen molar-refractivity contribution in [3.8, 4) is 0 Å². The maximum atomic E-state index is 12.9. The second-order valence-electron chi connectivity index (χ2n) is 6.83. The van der Waals surface area contributed by atoms with Gasteiger partial charge in [-0.3, -0.25) is 4.90 Å². The van der Waals surface area contributed by atoms with Crippen molar-refractivity contribution in [3.05, 3.63) is 23.9 Å². The number of aromatic nitrogens is 1. The smallest absolute Gasteiger partial charge is 0.363 e. The van der Waals surface area contributed by atoms with E-state index in [0.717, 1.165) is 17.3 Å². The van der Waals surface area contributed by atoms with Crippen LogP contribution in [0.3, 0.4) is 0 Å². The van der Waals surface area contributed by atoms with Crippen LogP contribution in [0.15, 0.2) is 23.3 Å². The number of hydrogen-bond donors (Lipinski definition) is 1. The number of piperazine rings is 1. The fourth-order valence-electron chi connectivity index (χ4n) is 2.92. The summed E-state index contributed by atoms with van der Waals surface area (Å²) >= 11 is 0. The van der Waals surface area contributed by atoms with Gasteiger partial charge in [0.05, 0.1) is 6.54 Å². The van der Waals surface area contributed by atoms with E-state index in [0.29, 0.717) is 39.3 Å². The van der Waals surface area contributed by atoms with Crippen LogP contribution in [0.4, 0.5) is 19.0 Å². The molecule has 0 saturated carbocycles. The largest absolute Gasteiger partial charge is 0.403 e. The molecule has 0 bridgehead atoms. The number of alkyl halides is 3. The van der Waals surface area contributed by atoms with Crippen molar-refractivity contribution in [3.63, 3.8) is 0 Å². The number of guanidine groups is 1. The normalized spacial score (nSPS) is 17.7. The molecule has 1 aliphatic rings. The molecular formula is C18H29F3N6. The number of rotatable bonds is 5. The monoisotopic (exact) mass is 386 g/mol. The highest BCUT2D eigenvalue weighted by molar-refractivity contribution is 5.80. The number of nitrogens with zero attached hydrogens (tertiary/aromatic N) is 5. The van der Waals surface area contributed by atoms with E-state index in [1.54, 1.807) is 6.20 Å². The zero-order valence-electron chi connectivity index (χ0n) is 16.4. The summed E-state index contributed by atoms with van der Waals surface area (Å²) in [4.78, 5) is 14.4. The van der Waals surface area contributed by atoms with Crippen LogP contribution < -0.4 is 10.2 Å². The third-order valence-corrected chi connectivity index (χ3v) is 4.65. The Bertz CT molecular complexity index is 624. The van der Waals surface area contributed by atoms with E-state index < -0.39 is 12.2 Å². The summed E-state index contributed by atoms with van der Waals surface area (Å²) in [6, 6.07) is 2.49. The highest BCUT2D eigenvalue weighted by atomic mass is 19.4. The minimum Gasteiger partial charge on any atom is -0.363 e. The van der Waals surface area contributed by atoms with Crippen LogP contribution in [-0.2, 0) is 6.54 Å². The van der Waals surface area contributed by atoms with Gasteiger partial charge in [-0.15, -0.1) is 0 Å². The molecule has 0 amide bonds. The maximum Gasteiger partial charge on any atom is 0.403 e. The molecule has 152 valence electrons. The molecule has 1 atom stereocenters. The van der Waals surface area contributed by atoms with Crippen molar-refractivity contribution >= 4 is 11.8 Å². The number of halogens is 3. The van der Waals surface area contributed by atoms with Gasteiger partial charge in [0.1, 0.15) is 11.9 Å². The first-order chi connectivity index (χ1) is 12.7. The van der Waals surface area contributed by atoms with Gasteiger partial charge in [0, 0.05) is 53.0 Å². The van der Waals surface area contributed by atoms with Gasteiger partial charge in [-0.1, -0.05) is 0 Å². The molecule has 1 aromatic rings. The summed E-state index contributed by atoms with van der Waals surface area (Å²) in [5, 5.41) is 3.24. The molecule has 2 rings (SSSR count). The van der Waals surface area contributed by atoms with E-state index in [9.17, 15) is 13.2 Å². The van der Waals surface area contributed by atoms with Crippen LogP contribution >= 0.6 is 0 Å². The van der Waals surface area contributed by atoms with Gasteiger partial charge in [0.25, 0.3) is 0 Å². The van der Waals surface area contributed by atoms with Gasteiger partial charge >= 0.3 is 6.18 Å². The lowest BCUT2D eigenvalue weighted by Crippen LogP contribution is -2.56. The predicted molar refractivity (Wildman–Crippen MR) is 102 cm³/mol. The molecular weight excluding hydrogens is 357 g/mol. The van der Waals surface area contributed by atoms with Gasteiger partial charge in [0.2, 0.25) is 0 Å². The molecule has 0 radical (unpaired) electrons. The Hall–Kier alpha value is -2.03. The van der Waals surface area contributed by atoms with E-state index >= 15 is 0 Å². The fourth-order valence-corrected chi connectivity index (χ4v) is 2.92. The summed E-state index contributed by atoms with van der Waals surface area (Å²) in [6.45, 7) is 6.17. The van der Waals surface area contributed by atoms with E-state index in [-0.39, 0.29) is 0 Å². The topological polar surface area (TPSA) is 47.0 Å². The number of anilines is 1. The molecule has 0 aliphatic carbocycles. The highest BCUT2D eigenvalue weighted by Crippen LogP contribution is 2.25. The Morgan fingerprint density at radius 1 is 1.30 bits per heavy atom. The molecule has 6 nitrogen and oxygen atoms in total. The minimum atomic E-state index is -4.19. The van der Waals surface area contributed by atoms with Gasteiger partial charge in [-0.2, -0.15) is 13.2 Å². The van der Waals surface area contributed by atoms with Gasteiger partial charge < -0.3 is 15.1 Å². The van der Waals surface area contributed by atoms with E-state index in [1.165, 1.54) is 11.8 Å². The first kappa shape index (κ1) is 21.3. The molecule has 1 N–H and O–H groups in total. The molecule has 2 heterocycles. The maximum absolute atomic E-state index is 12.9. The third kappa shape index (κ3) is 5.98. The first-order valence-corrected chi connectivity index (χ1v) is 9.18. The average Bonchev–Trinajstić information content (AvgIpc) is 2.64. The average molecular weight is 386 g/mol. The number of nitrogens with one attached hydrogen (secondary N) is 1. The SMILES string of the molecule is CCNC(=NCc1ccnc(N(C)C)c1)N1CCN(C(C)C(F)(F)F)CC1. The van der Waals surface area contributed by atoms with Crippen molar-refractivity contribution in [1.29, 1.82) is 0 Å². The Morgan fingerprint density at radius 3 is 2.52 bits per heavy atom. The molecule has 1 aromatic heterocycles. The molecule has 0 spiro atoms. The summed E-state index contributed by atoms with van der Waals surface area (Å²) in [6.07, 6.45) is -2.43. The van der Waals surface area contributed by atoms with E-state index in [2.05, 4.69) is 15.3 Å². The van der Waals surface area contributed by atoms with Crippen LogP contribution in [0, 0.1) is 0 Å². The zero-order valence-corrected chi connectivity index (χ0v) is 16.4. The minimum absolute atomic E-state index is 0.366. The highest BCUT2D eigenvalue weighted by Gasteiger charge is 2.41. The lowest BCUT2D eigenvalue weighted by Gasteiger charge is -2.39. The quantitative estimate of drug-likeness (QED) is 0.621. The molecule has 1 fully saturated rings. The van der Waals surface area contributed by atoms with Gasteiger partial charge in [-0.25, -0.2) is 9.98 Å². The second kappa shape index (κ2) is 9.25. The molecule has 27 heavy (non-hydrogen) atoms. The Labute approximate surface area is 159 Å². The predicted octanol–water partition coefficient (Wildman–Crippen LogP) is 2.18. The second-order valence-corrected chi connectivity index (χ2v) is 6.83. The van der Waals surface area contributed by atoms with Crippen molar-refractivity contribution in [2.45, 2.75) is 32.6 Å². The van der Waals surface area contributed by atoms with Crippen molar-refractivity contribution in [2.75, 3.05) is 51.7 Å². The Balaban J connectivity index is 2.01. The zero-order chi connectivity index (χ0) is 20.0. The van der Waals surface area contributed by atoms with Crippen molar-refractivity contribution in [1.82, 2.24) is 20.1 Å². The Morgan fingerprint density at radius 2 is 1.96 bits per heavy atom. The first-order valence-electron chi connectivity index (χ1n) is 9.18. The Kier molecular flexibility index (Phi) is 7.29.